The lowest BCUT2D eigenvalue weighted by atomic mass is 9.77. The molecule has 0 spiro atoms. The first kappa shape index (κ1) is 21.2. The quantitative estimate of drug-likeness (QED) is 0.277. The maximum Gasteiger partial charge on any atom is 0.168 e. The first-order valence-corrected chi connectivity index (χ1v) is 11.3. The fraction of sp³-hybridized carbons (Fsp3) is 0.333. The van der Waals surface area contributed by atoms with Crippen LogP contribution in [0.1, 0.15) is 62.5 Å². The van der Waals surface area contributed by atoms with Crippen LogP contribution in [0.25, 0.3) is 33.4 Å². The number of hydrogen-bond donors (Lipinski definition) is 0. The fourth-order valence-corrected chi connectivity index (χ4v) is 5.27. The normalized spacial score (nSPS) is 15.3. The van der Waals surface area contributed by atoms with Gasteiger partial charge in [0.15, 0.2) is 23.3 Å². The van der Waals surface area contributed by atoms with Gasteiger partial charge in [0.25, 0.3) is 0 Å². The lowest BCUT2D eigenvalue weighted by molar-refractivity contribution is 0.417. The van der Waals surface area contributed by atoms with Gasteiger partial charge in [-0.2, -0.15) is 0 Å². The molecule has 0 nitrogen and oxygen atoms in total. The van der Waals surface area contributed by atoms with E-state index in [-0.39, 0.29) is 28.2 Å². The van der Waals surface area contributed by atoms with Crippen molar-refractivity contribution in [1.29, 1.82) is 0 Å². The molecule has 0 amide bonds. The van der Waals surface area contributed by atoms with Crippen LogP contribution in [0.3, 0.4) is 0 Å². The summed E-state index contributed by atoms with van der Waals surface area (Å²) in [5.41, 5.74) is 0.780. The van der Waals surface area contributed by atoms with Crippen molar-refractivity contribution < 1.29 is 22.0 Å². The van der Waals surface area contributed by atoms with Crippen LogP contribution in [-0.4, -0.2) is 0 Å². The minimum absolute atomic E-state index is 0.0575. The number of hydrogen-bond acceptors (Lipinski definition) is 0. The Labute approximate surface area is 184 Å². The molecule has 0 unspecified atom stereocenters. The molecule has 0 saturated heterocycles. The molecule has 5 heteroatoms. The summed E-state index contributed by atoms with van der Waals surface area (Å²) in [5, 5.41) is 0. The Kier molecular flexibility index (Phi) is 5.31. The molecule has 3 aromatic carbocycles. The molecule has 32 heavy (non-hydrogen) atoms. The van der Waals surface area contributed by atoms with E-state index in [1.165, 1.54) is 18.2 Å². The summed E-state index contributed by atoms with van der Waals surface area (Å²) in [4.78, 5) is 0. The van der Waals surface area contributed by atoms with Crippen LogP contribution in [0.4, 0.5) is 22.0 Å². The molecule has 2 aliphatic rings. The summed E-state index contributed by atoms with van der Waals surface area (Å²) in [7, 11) is 0. The fourth-order valence-electron chi connectivity index (χ4n) is 5.27. The summed E-state index contributed by atoms with van der Waals surface area (Å²) in [6.07, 6.45) is 5.82. The van der Waals surface area contributed by atoms with E-state index in [1.54, 1.807) is 12.1 Å². The van der Waals surface area contributed by atoms with Gasteiger partial charge in [-0.05, 0) is 53.5 Å². The number of fused-ring (bicyclic) bond motifs is 4. The molecule has 3 aromatic rings. The van der Waals surface area contributed by atoms with E-state index in [2.05, 4.69) is 0 Å². The molecule has 1 fully saturated rings. The average molecular weight is 442 g/mol. The molecule has 0 N–H and O–H groups in total. The zero-order valence-corrected chi connectivity index (χ0v) is 17.8. The maximum absolute atomic E-state index is 15.0. The molecule has 0 aromatic heterocycles. The third-order valence-electron chi connectivity index (χ3n) is 6.94. The highest BCUT2D eigenvalue weighted by atomic mass is 19.2. The maximum atomic E-state index is 15.0. The van der Waals surface area contributed by atoms with Gasteiger partial charge >= 0.3 is 0 Å². The molecular formula is C27H23F5. The Morgan fingerprint density at radius 2 is 1.31 bits per heavy atom. The summed E-state index contributed by atoms with van der Waals surface area (Å²) in [6.45, 7) is 1.91. The molecule has 1 saturated carbocycles. The SMILES string of the molecule is CCCc1ccc2c(c1F)-c1c-2cc(-c2ccc(C3CCCCC3)c(F)c2F)c(F)c1F. The Balaban J connectivity index is 1.59. The highest BCUT2D eigenvalue weighted by molar-refractivity contribution is 6.04. The second-order valence-corrected chi connectivity index (χ2v) is 8.85. The standard InChI is InChI=1S/C27H23F5/c1-2-6-15-9-10-17-19-13-20(26(31)27(32)22(19)21(17)23(15)28)18-12-11-16(24(29)25(18)30)14-7-4-3-5-8-14/h9-14H,2-8H2,1H3. The van der Waals surface area contributed by atoms with Gasteiger partial charge in [-0.3, -0.25) is 0 Å². The molecule has 0 heterocycles. The van der Waals surface area contributed by atoms with Crippen molar-refractivity contribution in [2.24, 2.45) is 0 Å². The van der Waals surface area contributed by atoms with Crippen LogP contribution < -0.4 is 0 Å². The second kappa shape index (κ2) is 8.02. The third kappa shape index (κ3) is 3.08. The lowest BCUT2D eigenvalue weighted by Crippen LogP contribution is -2.11. The van der Waals surface area contributed by atoms with Crippen molar-refractivity contribution >= 4 is 0 Å². The van der Waals surface area contributed by atoms with Crippen LogP contribution in [-0.2, 0) is 6.42 Å². The van der Waals surface area contributed by atoms with Gasteiger partial charge in [0.05, 0.1) is 0 Å². The highest BCUT2D eigenvalue weighted by Gasteiger charge is 2.35. The van der Waals surface area contributed by atoms with Crippen LogP contribution >= 0.6 is 0 Å². The molecular weight excluding hydrogens is 419 g/mol. The first-order chi connectivity index (χ1) is 15.4. The van der Waals surface area contributed by atoms with Gasteiger partial charge in [-0.25, -0.2) is 22.0 Å². The Hall–Kier alpha value is -2.69. The van der Waals surface area contributed by atoms with E-state index >= 15 is 13.2 Å². The molecule has 2 aliphatic carbocycles. The topological polar surface area (TPSA) is 0 Å². The van der Waals surface area contributed by atoms with Crippen molar-refractivity contribution in [1.82, 2.24) is 0 Å². The van der Waals surface area contributed by atoms with Crippen LogP contribution in [0.15, 0.2) is 30.3 Å². The first-order valence-electron chi connectivity index (χ1n) is 11.3. The summed E-state index contributed by atoms with van der Waals surface area (Å²) < 4.78 is 74.8. The van der Waals surface area contributed by atoms with Crippen LogP contribution in [0.2, 0.25) is 0 Å². The zero-order valence-electron chi connectivity index (χ0n) is 17.8. The molecule has 0 atom stereocenters. The average Bonchev–Trinajstić information content (AvgIpc) is 2.78. The van der Waals surface area contributed by atoms with Gasteiger partial charge in [-0.15, -0.1) is 0 Å². The predicted molar refractivity (Wildman–Crippen MR) is 116 cm³/mol. The minimum atomic E-state index is -1.29. The summed E-state index contributed by atoms with van der Waals surface area (Å²) in [6, 6.07) is 7.44. The van der Waals surface area contributed by atoms with Crippen molar-refractivity contribution in [3.63, 3.8) is 0 Å². The molecule has 0 radical (unpaired) electrons. The van der Waals surface area contributed by atoms with Crippen molar-refractivity contribution in [3.8, 4) is 33.4 Å². The van der Waals surface area contributed by atoms with Crippen LogP contribution in [0, 0.1) is 29.1 Å². The third-order valence-corrected chi connectivity index (χ3v) is 6.94. The molecule has 5 rings (SSSR count). The zero-order chi connectivity index (χ0) is 22.6. The smallest absolute Gasteiger partial charge is 0.168 e. The van der Waals surface area contributed by atoms with Crippen molar-refractivity contribution in [2.45, 2.75) is 57.8 Å². The van der Waals surface area contributed by atoms with Gasteiger partial charge in [0.2, 0.25) is 0 Å². The van der Waals surface area contributed by atoms with Crippen molar-refractivity contribution in [2.75, 3.05) is 0 Å². The summed E-state index contributed by atoms with van der Waals surface area (Å²) in [5.74, 6) is -5.29. The van der Waals surface area contributed by atoms with Gasteiger partial charge < -0.3 is 0 Å². The predicted octanol–water partition coefficient (Wildman–Crippen LogP) is 8.70. The molecule has 0 aliphatic heterocycles. The minimum Gasteiger partial charge on any atom is -0.206 e. The van der Waals surface area contributed by atoms with Gasteiger partial charge in [0.1, 0.15) is 5.82 Å². The van der Waals surface area contributed by atoms with Crippen molar-refractivity contribution in [3.05, 3.63) is 70.5 Å². The number of benzene rings is 3. The monoisotopic (exact) mass is 442 g/mol. The Bertz CT molecular complexity index is 1220. The van der Waals surface area contributed by atoms with E-state index in [9.17, 15) is 8.78 Å². The number of rotatable bonds is 4. The van der Waals surface area contributed by atoms with Gasteiger partial charge in [0, 0.05) is 22.3 Å². The van der Waals surface area contributed by atoms with E-state index in [0.29, 0.717) is 28.7 Å². The van der Waals surface area contributed by atoms with E-state index < -0.39 is 29.1 Å². The van der Waals surface area contributed by atoms with E-state index in [4.69, 9.17) is 0 Å². The van der Waals surface area contributed by atoms with Gasteiger partial charge in [-0.1, -0.05) is 56.9 Å². The van der Waals surface area contributed by atoms with E-state index in [1.807, 2.05) is 6.92 Å². The summed E-state index contributed by atoms with van der Waals surface area (Å²) >= 11 is 0. The van der Waals surface area contributed by atoms with Crippen LogP contribution in [0.5, 0.6) is 0 Å². The number of aryl methyl sites for hydroxylation is 1. The Morgan fingerprint density at radius 3 is 2.03 bits per heavy atom. The lowest BCUT2D eigenvalue weighted by Gasteiger charge is -2.28. The van der Waals surface area contributed by atoms with E-state index in [0.717, 1.165) is 38.5 Å². The molecule has 166 valence electrons. The molecule has 0 bridgehead atoms. The largest absolute Gasteiger partial charge is 0.206 e. The second-order valence-electron chi connectivity index (χ2n) is 8.85. The Morgan fingerprint density at radius 1 is 0.656 bits per heavy atom. The highest BCUT2D eigenvalue weighted by Crippen LogP contribution is 2.53. The number of halogens is 5.